The first-order valence-electron chi connectivity index (χ1n) is 7.44. The molecule has 1 aliphatic heterocycles. The van der Waals surface area contributed by atoms with Crippen molar-refractivity contribution >= 4 is 17.4 Å². The zero-order valence-electron chi connectivity index (χ0n) is 12.4. The van der Waals surface area contributed by atoms with Gasteiger partial charge in [-0.2, -0.15) is 5.26 Å². The largest absolute Gasteiger partial charge is 0.382 e. The summed E-state index contributed by atoms with van der Waals surface area (Å²) in [6, 6.07) is 9.04. The van der Waals surface area contributed by atoms with E-state index in [0.717, 1.165) is 35.0 Å². The summed E-state index contributed by atoms with van der Waals surface area (Å²) >= 11 is 1.73. The Morgan fingerprint density at radius 1 is 1.45 bits per heavy atom. The Labute approximate surface area is 126 Å². The first-order chi connectivity index (χ1) is 9.80. The lowest BCUT2D eigenvalue weighted by Crippen LogP contribution is -2.34. The van der Waals surface area contributed by atoms with Crippen molar-refractivity contribution in [3.63, 3.8) is 0 Å². The Morgan fingerprint density at radius 3 is 3.00 bits per heavy atom. The molecule has 1 N–H and O–H groups in total. The molecule has 0 aromatic heterocycles. The van der Waals surface area contributed by atoms with E-state index in [1.807, 2.05) is 18.2 Å². The molecule has 1 aromatic carbocycles. The summed E-state index contributed by atoms with van der Waals surface area (Å²) in [6.45, 7) is 7.59. The molecule has 0 spiro atoms. The normalized spacial score (nSPS) is 18.9. The number of benzene rings is 1. The number of hydrogen-bond acceptors (Lipinski definition) is 4. The molecule has 4 heteroatoms. The average molecular weight is 289 g/mol. The van der Waals surface area contributed by atoms with Gasteiger partial charge in [-0.1, -0.05) is 19.9 Å². The molecule has 108 valence electrons. The fraction of sp³-hybridized carbons (Fsp3) is 0.562. The molecule has 0 bridgehead atoms. The molecule has 0 amide bonds. The predicted molar refractivity (Wildman–Crippen MR) is 86.3 cm³/mol. The third kappa shape index (κ3) is 3.47. The predicted octanol–water partition coefficient (Wildman–Crippen LogP) is 3.57. The number of nitrogens with zero attached hydrogens (tertiary/aromatic N) is 2. The van der Waals surface area contributed by atoms with E-state index in [2.05, 4.69) is 30.1 Å². The van der Waals surface area contributed by atoms with Crippen LogP contribution in [0.15, 0.2) is 23.1 Å². The van der Waals surface area contributed by atoms with Crippen molar-refractivity contribution in [3.05, 3.63) is 23.8 Å². The minimum absolute atomic E-state index is 0.606. The summed E-state index contributed by atoms with van der Waals surface area (Å²) in [5.74, 6) is 0.990. The lowest BCUT2D eigenvalue weighted by atomic mass is 10.1. The van der Waals surface area contributed by atoms with E-state index < -0.39 is 0 Å². The Kier molecular flexibility index (Phi) is 5.75. The van der Waals surface area contributed by atoms with Gasteiger partial charge in [0.15, 0.2) is 0 Å². The highest BCUT2D eigenvalue weighted by atomic mass is 32.2. The molecular formula is C16H23N3S. The van der Waals surface area contributed by atoms with Crippen LogP contribution in [0.2, 0.25) is 0 Å². The lowest BCUT2D eigenvalue weighted by molar-refractivity contribution is 0.277. The number of anilines is 1. The van der Waals surface area contributed by atoms with E-state index in [9.17, 15) is 5.26 Å². The molecule has 1 heterocycles. The third-order valence-electron chi connectivity index (χ3n) is 3.87. The van der Waals surface area contributed by atoms with E-state index in [4.69, 9.17) is 0 Å². The molecule has 1 aliphatic rings. The first kappa shape index (κ1) is 15.2. The number of likely N-dealkylation sites (N-methyl/N-ethyl adjacent to an activating group) is 1. The summed E-state index contributed by atoms with van der Waals surface area (Å²) in [4.78, 5) is 3.60. The highest BCUT2D eigenvalue weighted by molar-refractivity contribution is 7.99. The van der Waals surface area contributed by atoms with Crippen LogP contribution in [0, 0.1) is 11.3 Å². The van der Waals surface area contributed by atoms with Crippen molar-refractivity contribution in [1.29, 1.82) is 5.26 Å². The maximum absolute atomic E-state index is 9.40. The van der Waals surface area contributed by atoms with Crippen LogP contribution in [-0.2, 0) is 0 Å². The standard InChI is InChI=1S/C16H23N3S/c1-3-19-10-6-7-13(19)12-18-15-8-5-9-16(20-4-2)14(15)11-17/h5,8-9,13,18H,3-4,6-7,10,12H2,1-2H3. The number of nitrogens with one attached hydrogen (secondary N) is 1. The van der Waals surface area contributed by atoms with Crippen LogP contribution in [0.5, 0.6) is 0 Å². The van der Waals surface area contributed by atoms with Gasteiger partial charge < -0.3 is 5.32 Å². The highest BCUT2D eigenvalue weighted by Gasteiger charge is 2.22. The molecule has 3 nitrogen and oxygen atoms in total. The summed E-state index contributed by atoms with van der Waals surface area (Å²) in [5.41, 5.74) is 1.77. The monoisotopic (exact) mass is 289 g/mol. The van der Waals surface area contributed by atoms with Gasteiger partial charge in [0.05, 0.1) is 11.3 Å². The van der Waals surface area contributed by atoms with Crippen molar-refractivity contribution in [2.45, 2.75) is 37.6 Å². The number of likely N-dealkylation sites (tertiary alicyclic amines) is 1. The molecule has 20 heavy (non-hydrogen) atoms. The van der Waals surface area contributed by atoms with Crippen LogP contribution < -0.4 is 5.32 Å². The summed E-state index contributed by atoms with van der Waals surface area (Å²) in [6.07, 6.45) is 2.54. The van der Waals surface area contributed by atoms with E-state index in [1.54, 1.807) is 11.8 Å². The Hall–Kier alpha value is -1.18. The molecule has 2 rings (SSSR count). The maximum Gasteiger partial charge on any atom is 0.102 e. The third-order valence-corrected chi connectivity index (χ3v) is 4.81. The van der Waals surface area contributed by atoms with Crippen LogP contribution in [0.4, 0.5) is 5.69 Å². The smallest absolute Gasteiger partial charge is 0.102 e. The van der Waals surface area contributed by atoms with Gasteiger partial charge in [-0.05, 0) is 43.8 Å². The zero-order valence-corrected chi connectivity index (χ0v) is 13.2. The van der Waals surface area contributed by atoms with Gasteiger partial charge in [0.1, 0.15) is 6.07 Å². The van der Waals surface area contributed by atoms with Crippen LogP contribution in [-0.4, -0.2) is 36.3 Å². The second kappa shape index (κ2) is 7.56. The van der Waals surface area contributed by atoms with Crippen molar-refractivity contribution < 1.29 is 0 Å². The minimum Gasteiger partial charge on any atom is -0.382 e. The van der Waals surface area contributed by atoms with Crippen LogP contribution >= 0.6 is 11.8 Å². The fourth-order valence-corrected chi connectivity index (χ4v) is 3.63. The summed E-state index contributed by atoms with van der Waals surface area (Å²) in [5, 5.41) is 12.9. The maximum atomic E-state index is 9.40. The number of thioether (sulfide) groups is 1. The molecular weight excluding hydrogens is 266 g/mol. The zero-order chi connectivity index (χ0) is 14.4. The summed E-state index contributed by atoms with van der Waals surface area (Å²) in [7, 11) is 0. The molecule has 0 aliphatic carbocycles. The first-order valence-corrected chi connectivity index (χ1v) is 8.42. The van der Waals surface area contributed by atoms with E-state index in [0.29, 0.717) is 6.04 Å². The van der Waals surface area contributed by atoms with Gasteiger partial charge in [0.2, 0.25) is 0 Å². The fourth-order valence-electron chi connectivity index (χ4n) is 2.84. The van der Waals surface area contributed by atoms with Gasteiger partial charge in [0.25, 0.3) is 0 Å². The van der Waals surface area contributed by atoms with Crippen molar-refractivity contribution in [1.82, 2.24) is 4.90 Å². The number of rotatable bonds is 6. The topological polar surface area (TPSA) is 39.1 Å². The van der Waals surface area contributed by atoms with Gasteiger partial charge in [-0.25, -0.2) is 0 Å². The SMILES string of the molecule is CCSc1cccc(NCC2CCCN2CC)c1C#N. The highest BCUT2D eigenvalue weighted by Crippen LogP contribution is 2.28. The molecule has 0 radical (unpaired) electrons. The van der Waals surface area contributed by atoms with Crippen LogP contribution in [0.25, 0.3) is 0 Å². The Bertz CT molecular complexity index is 481. The molecule has 1 atom stereocenters. The number of hydrogen-bond donors (Lipinski definition) is 1. The molecule has 1 fully saturated rings. The van der Waals surface area contributed by atoms with Crippen LogP contribution in [0.1, 0.15) is 32.3 Å². The van der Waals surface area contributed by atoms with Crippen molar-refractivity contribution in [3.8, 4) is 6.07 Å². The van der Waals surface area contributed by atoms with E-state index in [-0.39, 0.29) is 0 Å². The van der Waals surface area contributed by atoms with Gasteiger partial charge in [-0.15, -0.1) is 11.8 Å². The minimum atomic E-state index is 0.606. The quantitative estimate of drug-likeness (QED) is 0.813. The average Bonchev–Trinajstić information content (AvgIpc) is 2.93. The van der Waals surface area contributed by atoms with Crippen molar-refractivity contribution in [2.75, 3.05) is 30.7 Å². The van der Waals surface area contributed by atoms with Crippen LogP contribution in [0.3, 0.4) is 0 Å². The van der Waals surface area contributed by atoms with Gasteiger partial charge in [0, 0.05) is 17.5 Å². The Morgan fingerprint density at radius 2 is 2.30 bits per heavy atom. The second-order valence-corrected chi connectivity index (χ2v) is 6.33. The molecule has 0 saturated carbocycles. The van der Waals surface area contributed by atoms with Gasteiger partial charge >= 0.3 is 0 Å². The summed E-state index contributed by atoms with van der Waals surface area (Å²) < 4.78 is 0. The molecule has 1 aromatic rings. The van der Waals surface area contributed by atoms with Gasteiger partial charge in [-0.3, -0.25) is 4.90 Å². The van der Waals surface area contributed by atoms with Crippen molar-refractivity contribution in [2.24, 2.45) is 0 Å². The van der Waals surface area contributed by atoms with E-state index >= 15 is 0 Å². The van der Waals surface area contributed by atoms with E-state index in [1.165, 1.54) is 19.4 Å². The second-order valence-electron chi connectivity index (χ2n) is 5.03. The molecule has 1 unspecified atom stereocenters. The lowest BCUT2D eigenvalue weighted by Gasteiger charge is -2.23. The number of nitriles is 1. The Balaban J connectivity index is 2.06. The molecule has 1 saturated heterocycles.